The predicted octanol–water partition coefficient (Wildman–Crippen LogP) is 2.24. The molecule has 2 heterocycles. The summed E-state index contributed by atoms with van der Waals surface area (Å²) in [6.45, 7) is 5.67. The summed E-state index contributed by atoms with van der Waals surface area (Å²) in [7, 11) is 1.57. The van der Waals surface area contributed by atoms with Gasteiger partial charge >= 0.3 is 0 Å². The first-order valence-corrected chi connectivity index (χ1v) is 7.88. The normalized spacial score (nSPS) is 12.6. The molecule has 0 fully saturated rings. The van der Waals surface area contributed by atoms with Crippen LogP contribution in [0.1, 0.15) is 18.2 Å². The summed E-state index contributed by atoms with van der Waals surface area (Å²) in [6, 6.07) is 2.06. The van der Waals surface area contributed by atoms with Crippen molar-refractivity contribution in [3.05, 3.63) is 10.9 Å². The smallest absolute Gasteiger partial charge is 0.226 e. The number of aliphatic hydroxyl groups excluding tert-OH is 1. The molecular weight excluding hydrogens is 288 g/mol. The van der Waals surface area contributed by atoms with Gasteiger partial charge in [-0.1, -0.05) is 6.92 Å². The molecule has 0 bridgehead atoms. The Kier molecular flexibility index (Phi) is 5.72. The second-order valence-corrected chi connectivity index (χ2v) is 6.12. The molecule has 3 N–H and O–H groups in total. The molecule has 2 rings (SSSR count). The average Bonchev–Trinajstić information content (AvgIpc) is 2.83. The number of nitrogens with one attached hydrogen (secondary N) is 2. The minimum atomic E-state index is -0.563. The molecule has 1 unspecified atom stereocenters. The Morgan fingerprint density at radius 1 is 1.38 bits per heavy atom. The number of ether oxygens (including phenoxy) is 1. The molecule has 0 radical (unpaired) electrons. The summed E-state index contributed by atoms with van der Waals surface area (Å²) in [6.07, 6.45) is 0.451. The number of aliphatic hydroxyl groups is 1. The number of anilines is 2. The Morgan fingerprint density at radius 2 is 2.19 bits per heavy atom. The molecule has 2 aromatic heterocycles. The Hall–Kier alpha value is -1.44. The summed E-state index contributed by atoms with van der Waals surface area (Å²) >= 11 is 1.64. The van der Waals surface area contributed by atoms with E-state index in [1.807, 2.05) is 0 Å². The van der Waals surface area contributed by atoms with Gasteiger partial charge in [-0.15, -0.1) is 11.3 Å². The summed E-state index contributed by atoms with van der Waals surface area (Å²) in [5, 5.41) is 17.1. The lowest BCUT2D eigenvalue weighted by molar-refractivity contribution is 0.0727. The zero-order chi connectivity index (χ0) is 15.2. The molecule has 2 aromatic rings. The molecule has 21 heavy (non-hydrogen) atoms. The first-order valence-electron chi connectivity index (χ1n) is 7.07. The van der Waals surface area contributed by atoms with Crippen LogP contribution in [-0.4, -0.2) is 48.0 Å². The van der Waals surface area contributed by atoms with Gasteiger partial charge in [-0.2, -0.15) is 4.98 Å². The lowest BCUT2D eigenvalue weighted by atomic mass is 10.3. The average molecular weight is 310 g/mol. The van der Waals surface area contributed by atoms with Crippen LogP contribution < -0.4 is 10.6 Å². The van der Waals surface area contributed by atoms with Gasteiger partial charge in [-0.25, -0.2) is 4.98 Å². The summed E-state index contributed by atoms with van der Waals surface area (Å²) < 4.78 is 4.93. The zero-order valence-electron chi connectivity index (χ0n) is 12.6. The van der Waals surface area contributed by atoms with Gasteiger partial charge in [0.05, 0.1) is 18.1 Å². The van der Waals surface area contributed by atoms with E-state index in [0.29, 0.717) is 19.1 Å². The summed E-state index contributed by atoms with van der Waals surface area (Å²) in [5.74, 6) is 1.37. The van der Waals surface area contributed by atoms with E-state index in [1.165, 1.54) is 4.88 Å². The topological polar surface area (TPSA) is 79.3 Å². The van der Waals surface area contributed by atoms with Crippen LogP contribution in [0, 0.1) is 6.92 Å². The van der Waals surface area contributed by atoms with Crippen molar-refractivity contribution >= 4 is 33.3 Å². The standard InChI is InChI=1S/C14H22N4O2S/c1-4-5-15-14-17-12(16-7-10(19)8-20-3)11-6-9(2)21-13(11)18-14/h6,10,19H,4-5,7-8H2,1-3H3,(H2,15,16,17,18). The highest BCUT2D eigenvalue weighted by Crippen LogP contribution is 2.29. The van der Waals surface area contributed by atoms with Crippen molar-refractivity contribution in [3.8, 4) is 0 Å². The van der Waals surface area contributed by atoms with Crippen molar-refractivity contribution in [3.63, 3.8) is 0 Å². The fourth-order valence-corrected chi connectivity index (χ4v) is 2.84. The maximum absolute atomic E-state index is 9.75. The number of aryl methyl sites for hydroxylation is 1. The maximum Gasteiger partial charge on any atom is 0.226 e. The third kappa shape index (κ3) is 4.26. The lowest BCUT2D eigenvalue weighted by Gasteiger charge is -2.13. The highest BCUT2D eigenvalue weighted by molar-refractivity contribution is 7.18. The second-order valence-electron chi connectivity index (χ2n) is 4.89. The largest absolute Gasteiger partial charge is 0.389 e. The quantitative estimate of drug-likeness (QED) is 0.694. The molecule has 116 valence electrons. The van der Waals surface area contributed by atoms with Gasteiger partial charge in [0.15, 0.2) is 0 Å². The van der Waals surface area contributed by atoms with Crippen molar-refractivity contribution in [1.82, 2.24) is 9.97 Å². The SMILES string of the molecule is CCCNc1nc(NCC(O)COC)c2cc(C)sc2n1. The van der Waals surface area contributed by atoms with Gasteiger partial charge in [-0.05, 0) is 19.4 Å². The molecule has 0 saturated heterocycles. The van der Waals surface area contributed by atoms with Crippen molar-refractivity contribution in [1.29, 1.82) is 0 Å². The Balaban J connectivity index is 2.21. The number of nitrogens with zero attached hydrogens (tertiary/aromatic N) is 2. The Labute approximate surface area is 128 Å². The number of hydrogen-bond acceptors (Lipinski definition) is 7. The number of aromatic nitrogens is 2. The van der Waals surface area contributed by atoms with Gasteiger partial charge in [0.25, 0.3) is 0 Å². The van der Waals surface area contributed by atoms with E-state index >= 15 is 0 Å². The predicted molar refractivity (Wildman–Crippen MR) is 87.3 cm³/mol. The van der Waals surface area contributed by atoms with Crippen LogP contribution in [0.4, 0.5) is 11.8 Å². The van der Waals surface area contributed by atoms with Crippen LogP contribution >= 0.6 is 11.3 Å². The fraction of sp³-hybridized carbons (Fsp3) is 0.571. The van der Waals surface area contributed by atoms with Crippen LogP contribution in [-0.2, 0) is 4.74 Å². The van der Waals surface area contributed by atoms with Gasteiger partial charge in [0, 0.05) is 25.1 Å². The van der Waals surface area contributed by atoms with Gasteiger partial charge in [0.2, 0.25) is 5.95 Å². The highest BCUT2D eigenvalue weighted by atomic mass is 32.1. The molecule has 6 nitrogen and oxygen atoms in total. The van der Waals surface area contributed by atoms with Crippen LogP contribution in [0.15, 0.2) is 6.07 Å². The van der Waals surface area contributed by atoms with E-state index in [0.717, 1.165) is 29.0 Å². The van der Waals surface area contributed by atoms with E-state index in [1.54, 1.807) is 18.4 Å². The van der Waals surface area contributed by atoms with Crippen LogP contribution in [0.3, 0.4) is 0 Å². The van der Waals surface area contributed by atoms with E-state index in [4.69, 9.17) is 4.74 Å². The monoisotopic (exact) mass is 310 g/mol. The summed E-state index contributed by atoms with van der Waals surface area (Å²) in [4.78, 5) is 11.2. The number of hydrogen-bond donors (Lipinski definition) is 3. The number of rotatable bonds is 8. The van der Waals surface area contributed by atoms with Crippen molar-refractivity contribution in [2.45, 2.75) is 26.4 Å². The van der Waals surface area contributed by atoms with Crippen LogP contribution in [0.5, 0.6) is 0 Å². The van der Waals surface area contributed by atoms with Gasteiger partial charge in [0.1, 0.15) is 10.6 Å². The molecule has 1 atom stereocenters. The maximum atomic E-state index is 9.75. The lowest BCUT2D eigenvalue weighted by Crippen LogP contribution is -2.24. The number of fused-ring (bicyclic) bond motifs is 1. The third-order valence-electron chi connectivity index (χ3n) is 2.91. The van der Waals surface area contributed by atoms with E-state index in [-0.39, 0.29) is 0 Å². The van der Waals surface area contributed by atoms with Gasteiger partial charge < -0.3 is 20.5 Å². The van der Waals surface area contributed by atoms with E-state index in [9.17, 15) is 5.11 Å². The van der Waals surface area contributed by atoms with Crippen LogP contribution in [0.25, 0.3) is 10.2 Å². The fourth-order valence-electron chi connectivity index (χ4n) is 1.96. The minimum Gasteiger partial charge on any atom is -0.389 e. The van der Waals surface area contributed by atoms with Crippen molar-refractivity contribution in [2.24, 2.45) is 0 Å². The molecule has 0 saturated carbocycles. The second kappa shape index (κ2) is 7.53. The van der Waals surface area contributed by atoms with Gasteiger partial charge in [-0.3, -0.25) is 0 Å². The van der Waals surface area contributed by atoms with Crippen molar-refractivity contribution < 1.29 is 9.84 Å². The molecule has 0 aliphatic rings. The Morgan fingerprint density at radius 3 is 2.90 bits per heavy atom. The molecule has 0 aromatic carbocycles. The van der Waals surface area contributed by atoms with Crippen LogP contribution in [0.2, 0.25) is 0 Å². The molecule has 0 spiro atoms. The molecule has 7 heteroatoms. The highest BCUT2D eigenvalue weighted by Gasteiger charge is 2.12. The van der Waals surface area contributed by atoms with Crippen molar-refractivity contribution in [2.75, 3.05) is 37.4 Å². The first-order chi connectivity index (χ1) is 10.1. The third-order valence-corrected chi connectivity index (χ3v) is 3.86. The Bertz CT molecular complexity index is 588. The minimum absolute atomic E-state index is 0.296. The molecular formula is C14H22N4O2S. The number of methoxy groups -OCH3 is 1. The van der Waals surface area contributed by atoms with E-state index in [2.05, 4.69) is 40.5 Å². The zero-order valence-corrected chi connectivity index (χ0v) is 13.5. The summed E-state index contributed by atoms with van der Waals surface area (Å²) in [5.41, 5.74) is 0. The van der Waals surface area contributed by atoms with E-state index < -0.39 is 6.10 Å². The number of thiophene rings is 1. The molecule has 0 aliphatic heterocycles. The molecule has 0 amide bonds. The molecule has 0 aliphatic carbocycles. The first kappa shape index (κ1) is 15.9.